The lowest BCUT2D eigenvalue weighted by Crippen LogP contribution is -2.16. The molecule has 6 nitrogen and oxygen atoms in total. The molecule has 396 valence electrons. The van der Waals surface area contributed by atoms with E-state index in [0.29, 0.717) is 0 Å². The van der Waals surface area contributed by atoms with Gasteiger partial charge in [0.15, 0.2) is 0 Å². The maximum Gasteiger partial charge on any atom is 0.0546 e. The van der Waals surface area contributed by atoms with E-state index in [2.05, 4.69) is 339 Å². The quantitative estimate of drug-likeness (QED) is 0.114. The highest BCUT2D eigenvalue weighted by Crippen LogP contribution is 2.50. The molecule has 3 N–H and O–H groups in total. The molecule has 84 heavy (non-hydrogen) atoms. The summed E-state index contributed by atoms with van der Waals surface area (Å²) in [6, 6.07) is 112. The first-order valence-electron chi connectivity index (χ1n) is 28.7. The van der Waals surface area contributed by atoms with E-state index in [1.165, 1.54) is 16.2 Å². The molecule has 0 spiro atoms. The van der Waals surface area contributed by atoms with Gasteiger partial charge in [0.05, 0.1) is 33.6 Å². The van der Waals surface area contributed by atoms with Gasteiger partial charge in [-0.2, -0.15) is 0 Å². The molecule has 0 aliphatic rings. The third-order valence-electron chi connectivity index (χ3n) is 16.5. The molecule has 13 aromatic carbocycles. The Kier molecular flexibility index (Phi) is 11.8. The number of hydrogen-bond acceptors (Lipinski definition) is 3. The van der Waals surface area contributed by atoms with Crippen LogP contribution in [0.3, 0.4) is 0 Å². The second-order valence-electron chi connectivity index (χ2n) is 21.6. The van der Waals surface area contributed by atoms with Crippen LogP contribution in [-0.4, -0.2) is 15.0 Å². The van der Waals surface area contributed by atoms with Crippen LogP contribution in [0, 0.1) is 0 Å². The topological polar surface area (TPSA) is 57.1 Å². The normalized spacial score (nSPS) is 11.6. The van der Waals surface area contributed by atoms with Crippen LogP contribution in [0.2, 0.25) is 0 Å². The predicted octanol–water partition coefficient (Wildman–Crippen LogP) is 22.0. The second-order valence-corrected chi connectivity index (χ2v) is 21.6. The smallest absolute Gasteiger partial charge is 0.0546 e. The van der Waals surface area contributed by atoms with Crippen molar-refractivity contribution in [1.82, 2.24) is 15.0 Å². The summed E-state index contributed by atoms with van der Waals surface area (Å²) in [5, 5.41) is 6.96. The highest BCUT2D eigenvalue weighted by atomic mass is 15.2. The van der Waals surface area contributed by atoms with Crippen molar-refractivity contribution in [3.63, 3.8) is 0 Å². The highest BCUT2D eigenvalue weighted by molar-refractivity contribution is 6.16. The summed E-state index contributed by atoms with van der Waals surface area (Å²) >= 11 is 0. The fraction of sp³-hybridized carbons (Fsp3) is 0. The minimum absolute atomic E-state index is 0.974. The molecule has 0 amide bonds. The molecule has 3 heterocycles. The van der Waals surface area contributed by atoms with Crippen molar-refractivity contribution in [1.29, 1.82) is 0 Å². The number of hydrogen-bond donors (Lipinski definition) is 3. The molecule has 16 aromatic rings. The van der Waals surface area contributed by atoms with Gasteiger partial charge in [-0.3, -0.25) is 0 Å². The van der Waals surface area contributed by atoms with Crippen molar-refractivity contribution in [2.45, 2.75) is 0 Å². The lowest BCUT2D eigenvalue weighted by Gasteiger charge is -2.33. The molecule has 0 unspecified atom stereocenters. The number of rotatable bonds is 12. The maximum absolute atomic E-state index is 3.85. The average Bonchev–Trinajstić information content (AvgIpc) is 3.10. The molecule has 0 bridgehead atoms. The van der Waals surface area contributed by atoms with Crippen LogP contribution in [0.25, 0.3) is 98.8 Å². The van der Waals surface area contributed by atoms with E-state index in [0.717, 1.165) is 134 Å². The van der Waals surface area contributed by atoms with E-state index in [1.54, 1.807) is 0 Å². The Labute approximate surface area is 486 Å². The first-order valence-corrected chi connectivity index (χ1v) is 28.7. The Hall–Kier alpha value is -11.3. The Morgan fingerprint density at radius 3 is 0.679 bits per heavy atom. The van der Waals surface area contributed by atoms with Crippen LogP contribution in [-0.2, 0) is 0 Å². The standard InChI is InChI=1S/C78H54N6/c1-7-25-52(26-8-1)67-46-61(49-70-64-37-19-22-40-73(64)79-76(67)70)82(55-31-13-4-14-32-55)58-43-59(83(56-33-15-5-16-34-56)62-47-68(53-27-9-2-10-28-53)77-71(50-62)65-38-20-23-41-74(65)80-77)45-60(44-58)84(57-35-17-6-18-36-57)63-48-69(54-29-11-3-12-30-54)78-72(51-63)66-39-21-24-42-75(66)81-78/h1-51,79-81H. The molecule has 0 atom stereocenters. The van der Waals surface area contributed by atoms with Gasteiger partial charge in [-0.15, -0.1) is 0 Å². The zero-order valence-electron chi connectivity index (χ0n) is 45.8. The zero-order chi connectivity index (χ0) is 55.5. The summed E-state index contributed by atoms with van der Waals surface area (Å²) < 4.78 is 0. The van der Waals surface area contributed by atoms with Crippen LogP contribution in [0.1, 0.15) is 0 Å². The number of H-pyrrole nitrogens is 3. The molecule has 0 radical (unpaired) electrons. The van der Waals surface area contributed by atoms with E-state index in [-0.39, 0.29) is 0 Å². The number of aromatic amines is 3. The van der Waals surface area contributed by atoms with Crippen LogP contribution in [0.5, 0.6) is 0 Å². The van der Waals surface area contributed by atoms with Gasteiger partial charge in [0.25, 0.3) is 0 Å². The van der Waals surface area contributed by atoms with Crippen molar-refractivity contribution in [3.05, 3.63) is 309 Å². The Balaban J connectivity index is 1.03. The molecule has 0 fully saturated rings. The third-order valence-corrected chi connectivity index (χ3v) is 16.5. The van der Waals surface area contributed by atoms with E-state index in [1.807, 2.05) is 0 Å². The highest BCUT2D eigenvalue weighted by Gasteiger charge is 2.26. The Morgan fingerprint density at radius 1 is 0.179 bits per heavy atom. The number of benzene rings is 13. The van der Waals surface area contributed by atoms with Crippen molar-refractivity contribution < 1.29 is 0 Å². The molecule has 0 aliphatic carbocycles. The minimum Gasteiger partial charge on any atom is -0.354 e. The number of nitrogens with one attached hydrogen (secondary N) is 3. The van der Waals surface area contributed by atoms with Crippen LogP contribution in [0.15, 0.2) is 309 Å². The molecule has 3 aromatic heterocycles. The molecular formula is C78H54N6. The molecule has 6 heteroatoms. The van der Waals surface area contributed by atoms with Crippen LogP contribution in [0.4, 0.5) is 51.2 Å². The number of para-hydroxylation sites is 6. The number of aromatic nitrogens is 3. The van der Waals surface area contributed by atoms with E-state index in [9.17, 15) is 0 Å². The first kappa shape index (κ1) is 48.6. The van der Waals surface area contributed by atoms with Gasteiger partial charge in [0.1, 0.15) is 0 Å². The summed E-state index contributed by atoms with van der Waals surface area (Å²) in [6.45, 7) is 0. The number of fused-ring (bicyclic) bond motifs is 9. The summed E-state index contributed by atoms with van der Waals surface area (Å²) in [5.74, 6) is 0. The summed E-state index contributed by atoms with van der Waals surface area (Å²) in [4.78, 5) is 18.9. The molecule has 0 saturated heterocycles. The Bertz CT molecular complexity index is 4550. The minimum atomic E-state index is 0.974. The Morgan fingerprint density at radius 2 is 0.405 bits per heavy atom. The van der Waals surface area contributed by atoms with Crippen molar-refractivity contribution in [2.24, 2.45) is 0 Å². The molecule has 16 rings (SSSR count). The van der Waals surface area contributed by atoms with E-state index < -0.39 is 0 Å². The molecule has 0 aliphatic heterocycles. The predicted molar refractivity (Wildman–Crippen MR) is 355 cm³/mol. The third kappa shape index (κ3) is 8.43. The summed E-state index contributed by atoms with van der Waals surface area (Å²) in [5.41, 5.74) is 22.4. The summed E-state index contributed by atoms with van der Waals surface area (Å²) in [6.07, 6.45) is 0. The maximum atomic E-state index is 3.85. The number of nitrogens with zero attached hydrogens (tertiary/aromatic N) is 3. The lowest BCUT2D eigenvalue weighted by atomic mass is 9.99. The fourth-order valence-corrected chi connectivity index (χ4v) is 12.8. The van der Waals surface area contributed by atoms with Crippen molar-refractivity contribution >= 4 is 117 Å². The molecular weight excluding hydrogens is 1020 g/mol. The van der Waals surface area contributed by atoms with Crippen molar-refractivity contribution in [3.8, 4) is 33.4 Å². The van der Waals surface area contributed by atoms with Gasteiger partial charge in [-0.05, 0) is 126 Å². The van der Waals surface area contributed by atoms with Gasteiger partial charge in [-0.1, -0.05) is 200 Å². The van der Waals surface area contributed by atoms with Gasteiger partial charge in [0.2, 0.25) is 0 Å². The van der Waals surface area contributed by atoms with E-state index in [4.69, 9.17) is 0 Å². The van der Waals surface area contributed by atoms with Crippen LogP contribution >= 0.6 is 0 Å². The first-order chi connectivity index (χ1) is 41.6. The molecule has 0 saturated carbocycles. The second kappa shape index (κ2) is 20.3. The fourth-order valence-electron chi connectivity index (χ4n) is 12.8. The monoisotopic (exact) mass is 1070 g/mol. The van der Waals surface area contributed by atoms with Crippen molar-refractivity contribution in [2.75, 3.05) is 14.7 Å². The largest absolute Gasteiger partial charge is 0.354 e. The van der Waals surface area contributed by atoms with Gasteiger partial charge >= 0.3 is 0 Å². The lowest BCUT2D eigenvalue weighted by molar-refractivity contribution is 1.23. The van der Waals surface area contributed by atoms with Crippen LogP contribution < -0.4 is 14.7 Å². The van der Waals surface area contributed by atoms with Gasteiger partial charge < -0.3 is 29.7 Å². The number of anilines is 9. The van der Waals surface area contributed by atoms with Gasteiger partial charge in [0, 0.05) is 99.7 Å². The van der Waals surface area contributed by atoms with E-state index >= 15 is 0 Å². The van der Waals surface area contributed by atoms with Gasteiger partial charge in [-0.25, -0.2) is 0 Å². The average molecular weight is 1080 g/mol. The summed E-state index contributed by atoms with van der Waals surface area (Å²) in [7, 11) is 0. The zero-order valence-corrected chi connectivity index (χ0v) is 45.8. The SMILES string of the molecule is c1ccc(-c2cc(N(c3ccccc3)c3cc(N(c4ccccc4)c4cc(-c5ccccc5)c5[nH]c6ccccc6c5c4)cc(N(c4ccccc4)c4cc(-c5ccccc5)c5[nH]c6ccccc6c5c4)c3)cc3c2[nH]c2ccccc23)cc1.